The molecule has 2 N–H and O–H groups in total. The highest BCUT2D eigenvalue weighted by atomic mass is 16.3. The SMILES string of the molecule is CC(C)(C)C1CCN(Cc2occc2CN)CC1. The van der Waals surface area contributed by atoms with Gasteiger partial charge in [-0.1, -0.05) is 20.8 Å². The summed E-state index contributed by atoms with van der Waals surface area (Å²) in [5, 5.41) is 0. The Morgan fingerprint density at radius 1 is 1.33 bits per heavy atom. The molecule has 1 aromatic rings. The summed E-state index contributed by atoms with van der Waals surface area (Å²) in [5.41, 5.74) is 7.29. The van der Waals surface area contributed by atoms with Crippen molar-refractivity contribution in [2.24, 2.45) is 17.1 Å². The van der Waals surface area contributed by atoms with E-state index in [0.29, 0.717) is 12.0 Å². The van der Waals surface area contributed by atoms with Crippen LogP contribution >= 0.6 is 0 Å². The van der Waals surface area contributed by atoms with Gasteiger partial charge in [0, 0.05) is 12.1 Å². The second kappa shape index (κ2) is 5.45. The quantitative estimate of drug-likeness (QED) is 0.896. The van der Waals surface area contributed by atoms with Gasteiger partial charge < -0.3 is 10.2 Å². The Morgan fingerprint density at radius 2 is 2.00 bits per heavy atom. The van der Waals surface area contributed by atoms with Gasteiger partial charge >= 0.3 is 0 Å². The second-order valence-electron chi connectivity index (χ2n) is 6.49. The van der Waals surface area contributed by atoms with Gasteiger partial charge in [0.05, 0.1) is 12.8 Å². The van der Waals surface area contributed by atoms with Crippen LogP contribution in [-0.4, -0.2) is 18.0 Å². The zero-order chi connectivity index (χ0) is 13.2. The molecule has 0 saturated carbocycles. The van der Waals surface area contributed by atoms with Crippen molar-refractivity contribution in [2.45, 2.75) is 46.7 Å². The maximum atomic E-state index is 5.70. The molecule has 2 heterocycles. The highest BCUT2D eigenvalue weighted by Crippen LogP contribution is 2.34. The largest absolute Gasteiger partial charge is 0.468 e. The molecule has 0 aromatic carbocycles. The molecule has 0 radical (unpaired) electrons. The van der Waals surface area contributed by atoms with Gasteiger partial charge in [0.25, 0.3) is 0 Å². The first-order chi connectivity index (χ1) is 8.50. The Labute approximate surface area is 110 Å². The molecule has 18 heavy (non-hydrogen) atoms. The second-order valence-corrected chi connectivity index (χ2v) is 6.49. The van der Waals surface area contributed by atoms with E-state index in [4.69, 9.17) is 10.2 Å². The molecule has 0 amide bonds. The molecular weight excluding hydrogens is 224 g/mol. The van der Waals surface area contributed by atoms with Crippen molar-refractivity contribution in [3.05, 3.63) is 23.7 Å². The van der Waals surface area contributed by atoms with Gasteiger partial charge in [-0.2, -0.15) is 0 Å². The molecule has 1 saturated heterocycles. The van der Waals surface area contributed by atoms with Crippen LogP contribution in [0.2, 0.25) is 0 Å². The Balaban J connectivity index is 1.87. The molecule has 1 aromatic heterocycles. The molecule has 1 aliphatic rings. The van der Waals surface area contributed by atoms with E-state index in [-0.39, 0.29) is 0 Å². The summed E-state index contributed by atoms with van der Waals surface area (Å²) in [4.78, 5) is 2.49. The van der Waals surface area contributed by atoms with Gasteiger partial charge in [0.15, 0.2) is 0 Å². The molecule has 1 aliphatic heterocycles. The van der Waals surface area contributed by atoms with E-state index in [1.165, 1.54) is 25.9 Å². The van der Waals surface area contributed by atoms with Crippen molar-refractivity contribution >= 4 is 0 Å². The molecule has 3 heteroatoms. The Kier molecular flexibility index (Phi) is 4.13. The average molecular weight is 250 g/mol. The summed E-state index contributed by atoms with van der Waals surface area (Å²) >= 11 is 0. The maximum Gasteiger partial charge on any atom is 0.122 e. The Hall–Kier alpha value is -0.800. The van der Waals surface area contributed by atoms with Crippen LogP contribution in [0.4, 0.5) is 0 Å². The van der Waals surface area contributed by atoms with Gasteiger partial charge in [-0.15, -0.1) is 0 Å². The van der Waals surface area contributed by atoms with Crippen LogP contribution in [0.5, 0.6) is 0 Å². The van der Waals surface area contributed by atoms with Gasteiger partial charge in [-0.05, 0) is 43.3 Å². The molecule has 0 bridgehead atoms. The first-order valence-electron chi connectivity index (χ1n) is 6.98. The van der Waals surface area contributed by atoms with Crippen molar-refractivity contribution in [2.75, 3.05) is 13.1 Å². The van der Waals surface area contributed by atoms with Crippen LogP contribution in [0.1, 0.15) is 44.9 Å². The zero-order valence-corrected chi connectivity index (χ0v) is 11.9. The lowest BCUT2D eigenvalue weighted by Gasteiger charge is -2.38. The number of hydrogen-bond acceptors (Lipinski definition) is 3. The highest BCUT2D eigenvalue weighted by molar-refractivity contribution is 5.16. The van der Waals surface area contributed by atoms with E-state index in [1.54, 1.807) is 6.26 Å². The fourth-order valence-electron chi connectivity index (χ4n) is 2.85. The van der Waals surface area contributed by atoms with Crippen molar-refractivity contribution in [3.8, 4) is 0 Å². The van der Waals surface area contributed by atoms with Gasteiger partial charge in [-0.25, -0.2) is 0 Å². The number of rotatable bonds is 3. The molecule has 3 nitrogen and oxygen atoms in total. The summed E-state index contributed by atoms with van der Waals surface area (Å²) in [6, 6.07) is 1.98. The predicted molar refractivity (Wildman–Crippen MR) is 74.1 cm³/mol. The third-order valence-electron chi connectivity index (χ3n) is 4.24. The maximum absolute atomic E-state index is 5.70. The fourth-order valence-corrected chi connectivity index (χ4v) is 2.85. The van der Waals surface area contributed by atoms with E-state index < -0.39 is 0 Å². The standard InChI is InChI=1S/C15H26N2O/c1-15(2,3)13-4-7-17(8-5-13)11-14-12(10-16)6-9-18-14/h6,9,13H,4-5,7-8,10-11,16H2,1-3H3. The van der Waals surface area contributed by atoms with E-state index >= 15 is 0 Å². The smallest absolute Gasteiger partial charge is 0.122 e. The third-order valence-corrected chi connectivity index (χ3v) is 4.24. The summed E-state index contributed by atoms with van der Waals surface area (Å²) in [6.07, 6.45) is 4.34. The van der Waals surface area contributed by atoms with Crippen LogP contribution in [-0.2, 0) is 13.1 Å². The molecule has 0 spiro atoms. The topological polar surface area (TPSA) is 42.4 Å². The van der Waals surface area contributed by atoms with E-state index in [1.807, 2.05) is 6.07 Å². The van der Waals surface area contributed by atoms with Crippen LogP contribution in [0, 0.1) is 11.3 Å². The number of piperidine rings is 1. The lowest BCUT2D eigenvalue weighted by Crippen LogP contribution is -2.37. The molecule has 1 fully saturated rings. The summed E-state index contributed by atoms with van der Waals surface area (Å²) in [6.45, 7) is 10.9. The van der Waals surface area contributed by atoms with Crippen molar-refractivity contribution in [1.82, 2.24) is 4.90 Å². The fraction of sp³-hybridized carbons (Fsp3) is 0.733. The summed E-state index contributed by atoms with van der Waals surface area (Å²) in [5.74, 6) is 1.89. The molecule has 0 unspecified atom stereocenters. The first kappa shape index (κ1) is 13.6. The number of likely N-dealkylation sites (tertiary alicyclic amines) is 1. The predicted octanol–water partition coefficient (Wildman–Crippen LogP) is 3.00. The number of furan rings is 1. The molecule has 0 atom stereocenters. The van der Waals surface area contributed by atoms with Crippen molar-refractivity contribution < 1.29 is 4.42 Å². The third kappa shape index (κ3) is 3.15. The minimum absolute atomic E-state index is 0.444. The van der Waals surface area contributed by atoms with Gasteiger partial charge in [-0.3, -0.25) is 4.90 Å². The average Bonchev–Trinajstić information content (AvgIpc) is 2.76. The number of nitrogens with zero attached hydrogens (tertiary/aromatic N) is 1. The first-order valence-corrected chi connectivity index (χ1v) is 6.98. The normalized spacial score (nSPS) is 19.3. The van der Waals surface area contributed by atoms with Crippen LogP contribution in [0.25, 0.3) is 0 Å². The monoisotopic (exact) mass is 250 g/mol. The van der Waals surface area contributed by atoms with E-state index in [2.05, 4.69) is 25.7 Å². The zero-order valence-electron chi connectivity index (χ0n) is 11.9. The number of hydrogen-bond donors (Lipinski definition) is 1. The lowest BCUT2D eigenvalue weighted by atomic mass is 9.75. The van der Waals surface area contributed by atoms with Crippen molar-refractivity contribution in [1.29, 1.82) is 0 Å². The van der Waals surface area contributed by atoms with Gasteiger partial charge in [0.2, 0.25) is 0 Å². The summed E-state index contributed by atoms with van der Waals surface area (Å²) < 4.78 is 5.53. The number of nitrogens with two attached hydrogens (primary N) is 1. The van der Waals surface area contributed by atoms with E-state index in [0.717, 1.165) is 23.8 Å². The molecule has 102 valence electrons. The summed E-state index contributed by atoms with van der Waals surface area (Å²) in [7, 11) is 0. The lowest BCUT2D eigenvalue weighted by molar-refractivity contribution is 0.103. The molecular formula is C15H26N2O. The Morgan fingerprint density at radius 3 is 2.56 bits per heavy atom. The molecule has 2 rings (SSSR count). The minimum atomic E-state index is 0.444. The van der Waals surface area contributed by atoms with Crippen LogP contribution in [0.15, 0.2) is 16.7 Å². The Bertz CT molecular complexity index is 370. The van der Waals surface area contributed by atoms with Crippen LogP contribution in [0.3, 0.4) is 0 Å². The minimum Gasteiger partial charge on any atom is -0.468 e. The highest BCUT2D eigenvalue weighted by Gasteiger charge is 2.29. The molecule has 0 aliphatic carbocycles. The van der Waals surface area contributed by atoms with Gasteiger partial charge in [0.1, 0.15) is 5.76 Å². The van der Waals surface area contributed by atoms with E-state index in [9.17, 15) is 0 Å². The van der Waals surface area contributed by atoms with Crippen molar-refractivity contribution in [3.63, 3.8) is 0 Å². The van der Waals surface area contributed by atoms with Crippen LogP contribution < -0.4 is 5.73 Å².